The van der Waals surface area contributed by atoms with Crippen LogP contribution in [0.25, 0.3) is 0 Å². The summed E-state index contributed by atoms with van der Waals surface area (Å²) in [6.07, 6.45) is 16.4. The Labute approximate surface area is 359 Å². The molecule has 0 spiro atoms. The van der Waals surface area contributed by atoms with Gasteiger partial charge in [0.25, 0.3) is 0 Å². The van der Waals surface area contributed by atoms with Crippen LogP contribution < -0.4 is 58.5 Å². The normalized spacial score (nSPS) is 16.6. The molecule has 16 heteroatoms. The maximum atomic E-state index is 10.2. The number of carbonyl (C=O) groups is 1. The molecule has 4 aromatic rings. The number of hydrogen-bond donors (Lipinski definition) is 0. The van der Waals surface area contributed by atoms with Crippen LogP contribution in [0, 0.1) is 20.5 Å². The summed E-state index contributed by atoms with van der Waals surface area (Å²) in [7, 11) is -10.6. The monoisotopic (exact) mass is 963 g/mol. The van der Waals surface area contributed by atoms with Gasteiger partial charge in [-0.3, -0.25) is 4.90 Å². The Hall–Kier alpha value is -2.47. The second-order valence-corrected chi connectivity index (χ2v) is 20.4. The Bertz CT molecular complexity index is 1620. The molecular formula is C42H50Cl2NO10P2Rh. The summed E-state index contributed by atoms with van der Waals surface area (Å²) in [6.45, 7) is 7.86. The van der Waals surface area contributed by atoms with Crippen LogP contribution in [0.4, 0.5) is 4.79 Å². The number of benzene rings is 4. The number of hydrogen-bond acceptors (Lipinski definition) is 11. The molecule has 1 heterocycles. The van der Waals surface area contributed by atoms with Gasteiger partial charge in [-0.2, -0.15) is 0 Å². The third-order valence-corrected chi connectivity index (χ3v) is 13.4. The zero-order valence-electron chi connectivity index (χ0n) is 32.6. The predicted molar refractivity (Wildman–Crippen MR) is 206 cm³/mol. The Kier molecular flexibility index (Phi) is 24.4. The second kappa shape index (κ2) is 27.4. The van der Waals surface area contributed by atoms with Crippen molar-refractivity contribution in [2.24, 2.45) is 0 Å². The van der Waals surface area contributed by atoms with Gasteiger partial charge in [-0.1, -0.05) is 146 Å². The van der Waals surface area contributed by atoms with E-state index < -0.39 is 20.5 Å². The van der Waals surface area contributed by atoms with Crippen LogP contribution in [-0.2, 0) is 23.0 Å². The van der Waals surface area contributed by atoms with Crippen molar-refractivity contribution in [2.45, 2.75) is 64.1 Å². The molecule has 58 heavy (non-hydrogen) atoms. The van der Waals surface area contributed by atoms with Gasteiger partial charge >= 0.3 is 58.8 Å². The number of ether oxygens (including phenoxy) is 1. The van der Waals surface area contributed by atoms with Crippen molar-refractivity contribution in [3.8, 4) is 0 Å². The summed E-state index contributed by atoms with van der Waals surface area (Å²) in [5.41, 5.74) is 0.352. The molecule has 316 valence electrons. The van der Waals surface area contributed by atoms with Gasteiger partial charge in [-0.15, -0.1) is 20.5 Å². The van der Waals surface area contributed by atoms with Crippen molar-refractivity contribution in [3.05, 3.63) is 146 Å². The van der Waals surface area contributed by atoms with E-state index >= 15 is 0 Å². The molecule has 1 aliphatic carbocycles. The Morgan fingerprint density at radius 3 is 1.21 bits per heavy atom. The summed E-state index contributed by atoms with van der Waals surface area (Å²) >= 11 is 2.14. The quantitative estimate of drug-likeness (QED) is 0.136. The molecule has 1 fully saturated rings. The smallest absolute Gasteiger partial charge is 0.0265 e. The van der Waals surface area contributed by atoms with Crippen molar-refractivity contribution in [1.29, 1.82) is 0 Å². The first-order valence-electron chi connectivity index (χ1n) is 18.2. The van der Waals surface area contributed by atoms with Crippen molar-refractivity contribution < 1.29 is 85.6 Å². The fourth-order valence-corrected chi connectivity index (χ4v) is 11.5. The topological polar surface area (TPSA) is 214 Å². The molecule has 0 aromatic heterocycles. The van der Waals surface area contributed by atoms with Crippen molar-refractivity contribution >= 4 is 41.6 Å². The molecule has 0 radical (unpaired) electrons. The molecular weight excluding hydrogens is 914 g/mol. The number of carbonyl (C=O) groups excluding carboxylic acids is 1. The van der Waals surface area contributed by atoms with E-state index in [-0.39, 0.29) is 26.0 Å². The standard InChI is InChI=1S/C29H29NP2.C8H12.C5H9O2.2ClHO4.Rh/c1-5-13-25(14-6-1)31(26-15-7-2-8-16-26)24-30-22-21-29(23-30)32(27-17-9-3-10-18-27)28-19-11-4-12-20-28;1-2-4-6-8-7-5-3-1;1-5(2,3)7-4-6;2*2-1(3,4)5;/h1-20,29H,21-24H2;1-2,7-8H,3-6H2;1-3H3;2*(H,2,3,4,5);/q;;;;;+2/p-2/b;2-1-,8-7-;;;;/t29-;;;;;/m0...../s1. The van der Waals surface area contributed by atoms with Crippen molar-refractivity contribution in [1.82, 2.24) is 4.90 Å². The summed E-state index contributed by atoms with van der Waals surface area (Å²) in [5, 5.41) is 5.97. The summed E-state index contributed by atoms with van der Waals surface area (Å²) in [5.74, 6) is 0. The Morgan fingerprint density at radius 1 is 0.621 bits per heavy atom. The molecule has 2 aliphatic rings. The van der Waals surface area contributed by atoms with Crippen LogP contribution in [-0.4, -0.2) is 40.1 Å². The number of likely N-dealkylation sites (tertiary alicyclic amines) is 1. The SMILES string of the molecule is C1=C\CC/C=C\CC/1.CC(C)(C)O[C](=O)[Rh+2].[O-][Cl+3]([O-])([O-])[O-].[O-][Cl+3]([O-])([O-])[O-].c1ccc(P(CN2CC[C@H](P(c3ccccc3)c3ccccc3)C2)c2ccccc2)cc1. The molecule has 4 aromatic carbocycles. The first kappa shape index (κ1) is 51.7. The zero-order chi connectivity index (χ0) is 43.0. The van der Waals surface area contributed by atoms with E-state index in [9.17, 15) is 4.79 Å². The van der Waals surface area contributed by atoms with Gasteiger partial charge in [0.05, 0.1) is 0 Å². The van der Waals surface area contributed by atoms with Crippen LogP contribution >= 0.6 is 15.8 Å². The van der Waals surface area contributed by atoms with E-state index in [0.29, 0.717) is 5.66 Å². The van der Waals surface area contributed by atoms with Gasteiger partial charge in [0, 0.05) is 18.5 Å². The van der Waals surface area contributed by atoms with Gasteiger partial charge in [-0.05, 0) is 75.7 Å². The molecule has 0 bridgehead atoms. The van der Waals surface area contributed by atoms with Crippen LogP contribution in [0.5, 0.6) is 0 Å². The minimum atomic E-state index is -4.94. The first-order valence-corrected chi connectivity index (χ1v) is 24.4. The molecule has 0 saturated carbocycles. The minimum Gasteiger partial charge on any atom is -0.298 e. The van der Waals surface area contributed by atoms with Crippen LogP contribution in [0.1, 0.15) is 52.9 Å². The fraction of sp³-hybridized carbons (Fsp3) is 0.310. The van der Waals surface area contributed by atoms with E-state index in [0.717, 1.165) is 6.29 Å². The van der Waals surface area contributed by atoms with Gasteiger partial charge in [0.1, 0.15) is 0 Å². The molecule has 1 aliphatic heterocycles. The molecule has 0 amide bonds. The maximum Gasteiger partial charge on any atom is 0.0265 e. The largest absolute Gasteiger partial charge is 0.298 e. The minimum absolute atomic E-state index is 0.335. The number of halogens is 2. The van der Waals surface area contributed by atoms with E-state index in [2.05, 4.69) is 169 Å². The summed E-state index contributed by atoms with van der Waals surface area (Å²) in [6, 6.07) is 44.6. The van der Waals surface area contributed by atoms with E-state index in [1.54, 1.807) is 0 Å². The fourth-order valence-electron chi connectivity index (χ4n) is 5.71. The van der Waals surface area contributed by atoms with Gasteiger partial charge in [0.15, 0.2) is 0 Å². The average Bonchev–Trinajstić information content (AvgIpc) is 3.58. The molecule has 1 saturated heterocycles. The second-order valence-electron chi connectivity index (χ2n) is 13.6. The Balaban J connectivity index is 0.000000361. The third kappa shape index (κ3) is 25.9. The van der Waals surface area contributed by atoms with Gasteiger partial charge in [0.2, 0.25) is 0 Å². The van der Waals surface area contributed by atoms with Gasteiger partial charge in [-0.25, -0.2) is 37.3 Å². The van der Waals surface area contributed by atoms with E-state index in [1.807, 2.05) is 20.8 Å². The average molecular weight is 965 g/mol. The van der Waals surface area contributed by atoms with Gasteiger partial charge < -0.3 is 0 Å². The summed E-state index contributed by atoms with van der Waals surface area (Å²) < 4.78 is 72.4. The number of rotatable bonds is 7. The molecule has 6 rings (SSSR count). The van der Waals surface area contributed by atoms with E-state index in [4.69, 9.17) is 42.0 Å². The van der Waals surface area contributed by atoms with Crippen LogP contribution in [0.15, 0.2) is 146 Å². The van der Waals surface area contributed by atoms with Crippen LogP contribution in [0.2, 0.25) is 0 Å². The molecule has 0 N–H and O–H groups in total. The van der Waals surface area contributed by atoms with Crippen molar-refractivity contribution in [3.63, 3.8) is 0 Å². The molecule has 1 atom stereocenters. The Morgan fingerprint density at radius 2 is 0.931 bits per heavy atom. The molecule has 0 unspecified atom stereocenters. The predicted octanol–water partition coefficient (Wildman–Crippen LogP) is -0.0869. The summed E-state index contributed by atoms with van der Waals surface area (Å²) in [4.78, 5) is 12.9. The first-order chi connectivity index (χ1) is 27.3. The van der Waals surface area contributed by atoms with Crippen molar-refractivity contribution in [2.75, 3.05) is 19.4 Å². The third-order valence-electron chi connectivity index (χ3n) is 7.87. The zero-order valence-corrected chi connectivity index (χ0v) is 37.5. The molecule has 11 nitrogen and oxygen atoms in total. The maximum absolute atomic E-state index is 10.2. The number of allylic oxidation sites excluding steroid dienone is 4. The number of nitrogens with zero attached hydrogens (tertiary/aromatic N) is 1. The van der Waals surface area contributed by atoms with Crippen LogP contribution in [0.3, 0.4) is 0 Å². The van der Waals surface area contributed by atoms with E-state index in [1.165, 1.54) is 66.4 Å².